The van der Waals surface area contributed by atoms with Gasteiger partial charge in [0.05, 0.1) is 4.88 Å². The Morgan fingerprint density at radius 3 is 2.94 bits per heavy atom. The van der Waals surface area contributed by atoms with Gasteiger partial charge in [-0.1, -0.05) is 6.42 Å². The van der Waals surface area contributed by atoms with Crippen LogP contribution < -0.4 is 0 Å². The number of aromatic nitrogens is 2. The van der Waals surface area contributed by atoms with Crippen molar-refractivity contribution in [1.82, 2.24) is 9.78 Å². The maximum absolute atomic E-state index is 12.4. The number of hydrogen-bond donors (Lipinski definition) is 0. The molecule has 0 aromatic carbocycles. The van der Waals surface area contributed by atoms with Gasteiger partial charge < -0.3 is 0 Å². The van der Waals surface area contributed by atoms with Gasteiger partial charge in [0.1, 0.15) is 5.69 Å². The maximum atomic E-state index is 12.4. The number of carbonyl (C=O) groups excluding carboxylic acids is 1. The molecule has 0 saturated carbocycles. The first kappa shape index (κ1) is 11.7. The van der Waals surface area contributed by atoms with Crippen molar-refractivity contribution in [2.75, 3.05) is 0 Å². The van der Waals surface area contributed by atoms with Crippen molar-refractivity contribution in [2.45, 2.75) is 32.1 Å². The summed E-state index contributed by atoms with van der Waals surface area (Å²) in [7, 11) is 1.81. The second-order valence-corrected chi connectivity index (χ2v) is 5.93. The van der Waals surface area contributed by atoms with E-state index in [1.807, 2.05) is 7.05 Å². The summed E-state index contributed by atoms with van der Waals surface area (Å²) in [5, 5.41) is 4.06. The van der Waals surface area contributed by atoms with E-state index in [0.29, 0.717) is 5.69 Å². The van der Waals surface area contributed by atoms with Crippen LogP contribution in [0.2, 0.25) is 0 Å². The fraction of sp³-hybridized carbons (Fsp3) is 0.429. The molecule has 0 amide bonds. The van der Waals surface area contributed by atoms with Gasteiger partial charge in [0, 0.05) is 18.1 Å². The maximum Gasteiger partial charge on any atom is 0.220 e. The Morgan fingerprint density at radius 2 is 2.17 bits per heavy atom. The van der Waals surface area contributed by atoms with Crippen molar-refractivity contribution in [3.8, 4) is 0 Å². The number of nitrogens with zero attached hydrogens (tertiary/aromatic N) is 2. The SMILES string of the molecule is Cn1nccc1C(=O)c1cc2c(s1)CCCCC2. The lowest BCUT2D eigenvalue weighted by atomic mass is 10.1. The minimum atomic E-state index is 0.105. The summed E-state index contributed by atoms with van der Waals surface area (Å²) < 4.78 is 1.65. The number of rotatable bonds is 2. The Hall–Kier alpha value is -1.42. The van der Waals surface area contributed by atoms with E-state index < -0.39 is 0 Å². The van der Waals surface area contributed by atoms with E-state index in [1.165, 1.54) is 29.7 Å². The zero-order valence-electron chi connectivity index (χ0n) is 10.5. The van der Waals surface area contributed by atoms with Gasteiger partial charge in [0.15, 0.2) is 0 Å². The molecular weight excluding hydrogens is 244 g/mol. The number of hydrogen-bond acceptors (Lipinski definition) is 3. The molecule has 4 heteroatoms. The first-order valence-corrected chi connectivity index (χ1v) is 7.21. The highest BCUT2D eigenvalue weighted by Gasteiger charge is 2.19. The van der Waals surface area contributed by atoms with Gasteiger partial charge >= 0.3 is 0 Å². The predicted molar refractivity (Wildman–Crippen MR) is 72.2 cm³/mol. The molecular formula is C14H16N2OS. The van der Waals surface area contributed by atoms with Crippen LogP contribution in [-0.2, 0) is 19.9 Å². The number of thiophene rings is 1. The molecule has 94 valence electrons. The lowest BCUT2D eigenvalue weighted by Crippen LogP contribution is -2.06. The third-order valence-electron chi connectivity index (χ3n) is 3.52. The topological polar surface area (TPSA) is 34.9 Å². The zero-order valence-corrected chi connectivity index (χ0v) is 11.3. The Balaban J connectivity index is 1.94. The molecule has 0 saturated heterocycles. The molecule has 0 N–H and O–H groups in total. The summed E-state index contributed by atoms with van der Waals surface area (Å²) >= 11 is 1.67. The molecule has 0 fully saturated rings. The van der Waals surface area contributed by atoms with Gasteiger partial charge in [-0.15, -0.1) is 11.3 Å². The van der Waals surface area contributed by atoms with Crippen molar-refractivity contribution in [2.24, 2.45) is 7.05 Å². The molecule has 0 bridgehead atoms. The van der Waals surface area contributed by atoms with E-state index in [-0.39, 0.29) is 5.78 Å². The molecule has 2 aromatic rings. The average molecular weight is 260 g/mol. The van der Waals surface area contributed by atoms with Gasteiger partial charge in [0.2, 0.25) is 5.78 Å². The lowest BCUT2D eigenvalue weighted by Gasteiger charge is -1.98. The summed E-state index contributed by atoms with van der Waals surface area (Å²) in [6.45, 7) is 0. The third-order valence-corrected chi connectivity index (χ3v) is 4.76. The van der Waals surface area contributed by atoms with Gasteiger partial charge in [-0.2, -0.15) is 5.10 Å². The van der Waals surface area contributed by atoms with Crippen LogP contribution in [0.3, 0.4) is 0 Å². The molecule has 1 aliphatic carbocycles. The molecule has 18 heavy (non-hydrogen) atoms. The average Bonchev–Trinajstić information content (AvgIpc) is 2.90. The number of carbonyl (C=O) groups is 1. The van der Waals surface area contributed by atoms with Crippen LogP contribution in [0.25, 0.3) is 0 Å². The normalized spacial score (nSPS) is 15.2. The molecule has 3 rings (SSSR count). The van der Waals surface area contributed by atoms with Gasteiger partial charge in [-0.05, 0) is 43.4 Å². The van der Waals surface area contributed by atoms with Gasteiger partial charge in [0.25, 0.3) is 0 Å². The summed E-state index contributed by atoms with van der Waals surface area (Å²) in [6, 6.07) is 3.88. The second kappa shape index (κ2) is 4.69. The van der Waals surface area contributed by atoms with Crippen LogP contribution in [0, 0.1) is 0 Å². The third kappa shape index (κ3) is 2.01. The van der Waals surface area contributed by atoms with Crippen LogP contribution >= 0.6 is 11.3 Å². The molecule has 3 nitrogen and oxygen atoms in total. The molecule has 1 aliphatic rings. The number of ketones is 1. The Labute approximate surface area is 110 Å². The van der Waals surface area contributed by atoms with E-state index in [0.717, 1.165) is 17.7 Å². The highest BCUT2D eigenvalue weighted by atomic mass is 32.1. The highest BCUT2D eigenvalue weighted by molar-refractivity contribution is 7.14. The standard InChI is InChI=1S/C14H16N2OS/c1-16-11(7-8-15-16)14(17)13-9-10-5-3-2-4-6-12(10)18-13/h7-9H,2-6H2,1H3. The second-order valence-electron chi connectivity index (χ2n) is 4.79. The first-order valence-electron chi connectivity index (χ1n) is 6.40. The van der Waals surface area contributed by atoms with Crippen molar-refractivity contribution >= 4 is 17.1 Å². The predicted octanol–water partition coefficient (Wildman–Crippen LogP) is 2.98. The largest absolute Gasteiger partial charge is 0.286 e. The molecule has 0 aliphatic heterocycles. The van der Waals surface area contributed by atoms with E-state index in [1.54, 1.807) is 28.3 Å². The minimum absolute atomic E-state index is 0.105. The summed E-state index contributed by atoms with van der Waals surface area (Å²) in [5.41, 5.74) is 2.06. The van der Waals surface area contributed by atoms with E-state index in [9.17, 15) is 4.79 Å². The summed E-state index contributed by atoms with van der Waals surface area (Å²) in [4.78, 5) is 14.7. The zero-order chi connectivity index (χ0) is 12.5. The lowest BCUT2D eigenvalue weighted by molar-refractivity contribution is 0.103. The first-order chi connectivity index (χ1) is 8.75. The van der Waals surface area contributed by atoms with Gasteiger partial charge in [-0.25, -0.2) is 0 Å². The minimum Gasteiger partial charge on any atom is -0.286 e. The van der Waals surface area contributed by atoms with Crippen molar-refractivity contribution in [3.05, 3.63) is 39.3 Å². The molecule has 0 spiro atoms. The fourth-order valence-electron chi connectivity index (χ4n) is 2.50. The quantitative estimate of drug-likeness (QED) is 0.614. The van der Waals surface area contributed by atoms with Gasteiger partial charge in [-0.3, -0.25) is 9.48 Å². The van der Waals surface area contributed by atoms with Crippen LogP contribution in [0.4, 0.5) is 0 Å². The molecule has 2 heterocycles. The van der Waals surface area contributed by atoms with Crippen molar-refractivity contribution in [3.63, 3.8) is 0 Å². The smallest absolute Gasteiger partial charge is 0.220 e. The monoisotopic (exact) mass is 260 g/mol. The van der Waals surface area contributed by atoms with E-state index in [2.05, 4.69) is 11.2 Å². The molecule has 0 unspecified atom stereocenters. The Morgan fingerprint density at radius 1 is 1.33 bits per heavy atom. The van der Waals surface area contributed by atoms with Crippen LogP contribution in [0.1, 0.15) is 45.1 Å². The van der Waals surface area contributed by atoms with Crippen molar-refractivity contribution in [1.29, 1.82) is 0 Å². The van der Waals surface area contributed by atoms with E-state index in [4.69, 9.17) is 0 Å². The Kier molecular flexibility index (Phi) is 3.04. The van der Waals surface area contributed by atoms with Crippen LogP contribution in [0.15, 0.2) is 18.3 Å². The summed E-state index contributed by atoms with van der Waals surface area (Å²) in [5.74, 6) is 0.105. The molecule has 2 aromatic heterocycles. The molecule has 0 radical (unpaired) electrons. The number of aryl methyl sites for hydroxylation is 3. The fourth-order valence-corrected chi connectivity index (χ4v) is 3.70. The van der Waals surface area contributed by atoms with Crippen LogP contribution in [-0.4, -0.2) is 15.6 Å². The Bertz CT molecular complexity index is 559. The highest BCUT2D eigenvalue weighted by Crippen LogP contribution is 2.30. The molecule has 0 atom stereocenters. The number of fused-ring (bicyclic) bond motifs is 1. The summed E-state index contributed by atoms with van der Waals surface area (Å²) in [6.07, 6.45) is 7.76. The van der Waals surface area contributed by atoms with E-state index >= 15 is 0 Å². The van der Waals surface area contributed by atoms with Crippen molar-refractivity contribution < 1.29 is 4.79 Å². The van der Waals surface area contributed by atoms with Crippen LogP contribution in [0.5, 0.6) is 0 Å².